The van der Waals surface area contributed by atoms with Gasteiger partial charge in [-0.05, 0) is 29.8 Å². The summed E-state index contributed by atoms with van der Waals surface area (Å²) in [7, 11) is 1.33. The van der Waals surface area contributed by atoms with E-state index < -0.39 is 11.5 Å². The van der Waals surface area contributed by atoms with E-state index in [-0.39, 0.29) is 5.56 Å². The number of benzene rings is 2. The fraction of sp³-hybridized carbons (Fsp3) is 0.100. The zero-order chi connectivity index (χ0) is 20.1. The number of hydrogen-bond acceptors (Lipinski definition) is 6. The second-order valence-electron chi connectivity index (χ2n) is 5.69. The van der Waals surface area contributed by atoms with Gasteiger partial charge in [0.15, 0.2) is 5.16 Å². The van der Waals surface area contributed by atoms with Crippen LogP contribution >= 0.6 is 23.4 Å². The molecule has 1 N–H and O–H groups in total. The number of aromatic nitrogens is 2. The maximum Gasteiger partial charge on any atom is 0.337 e. The van der Waals surface area contributed by atoms with Gasteiger partial charge >= 0.3 is 5.97 Å². The molecule has 0 bridgehead atoms. The molecular formula is C20H14ClN3O3S. The SMILES string of the molecule is COC(=O)c1cccc(CSc2nc(-c3ccc(Cl)cc3)c(C#N)c(=O)[nH]2)c1. The molecule has 0 saturated heterocycles. The molecule has 0 aliphatic rings. The summed E-state index contributed by atoms with van der Waals surface area (Å²) in [6.07, 6.45) is 0. The Hall–Kier alpha value is -3.08. The molecule has 3 aromatic rings. The zero-order valence-corrected chi connectivity index (χ0v) is 16.3. The number of carbonyl (C=O) groups excluding carboxylic acids is 1. The van der Waals surface area contributed by atoms with Gasteiger partial charge in [-0.2, -0.15) is 5.26 Å². The Morgan fingerprint density at radius 3 is 2.71 bits per heavy atom. The molecule has 1 aromatic heterocycles. The van der Waals surface area contributed by atoms with Crippen molar-refractivity contribution >= 4 is 29.3 Å². The molecule has 1 heterocycles. The molecule has 0 fully saturated rings. The second-order valence-corrected chi connectivity index (χ2v) is 7.09. The van der Waals surface area contributed by atoms with Crippen LogP contribution in [-0.4, -0.2) is 23.0 Å². The van der Waals surface area contributed by atoms with Gasteiger partial charge in [0.1, 0.15) is 11.6 Å². The van der Waals surface area contributed by atoms with Crippen molar-refractivity contribution in [2.24, 2.45) is 0 Å². The second kappa shape index (κ2) is 8.74. The number of nitriles is 1. The molecule has 140 valence electrons. The van der Waals surface area contributed by atoms with Gasteiger partial charge in [-0.25, -0.2) is 9.78 Å². The van der Waals surface area contributed by atoms with Gasteiger partial charge in [0.2, 0.25) is 0 Å². The highest BCUT2D eigenvalue weighted by atomic mass is 35.5. The largest absolute Gasteiger partial charge is 0.465 e. The summed E-state index contributed by atoms with van der Waals surface area (Å²) >= 11 is 7.20. The van der Waals surface area contributed by atoms with E-state index in [1.807, 2.05) is 12.1 Å². The van der Waals surface area contributed by atoms with Crippen LogP contribution in [0.2, 0.25) is 5.02 Å². The Balaban J connectivity index is 1.89. The lowest BCUT2D eigenvalue weighted by molar-refractivity contribution is 0.0600. The van der Waals surface area contributed by atoms with Crippen molar-refractivity contribution in [3.8, 4) is 17.3 Å². The van der Waals surface area contributed by atoms with Crippen LogP contribution in [0, 0.1) is 11.3 Å². The molecule has 3 rings (SSSR count). The quantitative estimate of drug-likeness (QED) is 0.386. The number of H-pyrrole nitrogens is 1. The molecule has 28 heavy (non-hydrogen) atoms. The molecule has 0 unspecified atom stereocenters. The summed E-state index contributed by atoms with van der Waals surface area (Å²) in [6.45, 7) is 0. The molecule has 0 aliphatic heterocycles. The fourth-order valence-electron chi connectivity index (χ4n) is 2.50. The van der Waals surface area contributed by atoms with Gasteiger partial charge in [0, 0.05) is 16.3 Å². The molecule has 6 nitrogen and oxygen atoms in total. The minimum absolute atomic E-state index is 0.0561. The van der Waals surface area contributed by atoms with Crippen molar-refractivity contribution in [1.29, 1.82) is 5.26 Å². The van der Waals surface area contributed by atoms with E-state index in [1.54, 1.807) is 42.5 Å². The Morgan fingerprint density at radius 1 is 1.29 bits per heavy atom. The van der Waals surface area contributed by atoms with Gasteiger partial charge in [-0.1, -0.05) is 47.6 Å². The lowest BCUT2D eigenvalue weighted by Gasteiger charge is -2.07. The number of carbonyl (C=O) groups is 1. The molecule has 0 spiro atoms. The normalized spacial score (nSPS) is 10.3. The summed E-state index contributed by atoms with van der Waals surface area (Å²) in [5.74, 6) is 0.0569. The maximum atomic E-state index is 12.3. The van der Waals surface area contributed by atoms with Gasteiger partial charge in [-0.15, -0.1) is 0 Å². The highest BCUT2D eigenvalue weighted by Crippen LogP contribution is 2.25. The number of rotatable bonds is 5. The third-order valence-electron chi connectivity index (χ3n) is 3.85. The number of halogens is 1. The first-order valence-electron chi connectivity index (χ1n) is 8.12. The van der Waals surface area contributed by atoms with E-state index in [4.69, 9.17) is 16.3 Å². The molecule has 0 saturated carbocycles. The van der Waals surface area contributed by atoms with Crippen LogP contribution in [0.3, 0.4) is 0 Å². The molecular weight excluding hydrogens is 398 g/mol. The number of thioether (sulfide) groups is 1. The lowest BCUT2D eigenvalue weighted by atomic mass is 10.1. The van der Waals surface area contributed by atoms with Crippen molar-refractivity contribution < 1.29 is 9.53 Å². The standard InChI is InChI=1S/C20H14ClN3O3S/c1-27-19(26)14-4-2-3-12(9-14)11-28-20-23-17(16(10-22)18(25)24-20)13-5-7-15(21)8-6-13/h2-9H,11H2,1H3,(H,23,24,25). The van der Waals surface area contributed by atoms with E-state index in [2.05, 4.69) is 9.97 Å². The van der Waals surface area contributed by atoms with Crippen LogP contribution in [-0.2, 0) is 10.5 Å². The monoisotopic (exact) mass is 411 g/mol. The van der Waals surface area contributed by atoms with Crippen molar-refractivity contribution in [2.45, 2.75) is 10.9 Å². The summed E-state index contributed by atoms with van der Waals surface area (Å²) in [5, 5.41) is 10.3. The highest BCUT2D eigenvalue weighted by Gasteiger charge is 2.14. The van der Waals surface area contributed by atoms with Crippen LogP contribution in [0.25, 0.3) is 11.3 Å². The predicted molar refractivity (Wildman–Crippen MR) is 107 cm³/mol. The summed E-state index contributed by atoms with van der Waals surface area (Å²) in [6, 6.07) is 15.7. The maximum absolute atomic E-state index is 12.3. The molecule has 2 aromatic carbocycles. The van der Waals surface area contributed by atoms with Crippen LogP contribution < -0.4 is 5.56 Å². The minimum atomic E-state index is -0.506. The van der Waals surface area contributed by atoms with E-state index in [0.29, 0.717) is 32.8 Å². The van der Waals surface area contributed by atoms with Crippen molar-refractivity contribution in [1.82, 2.24) is 9.97 Å². The van der Waals surface area contributed by atoms with E-state index in [0.717, 1.165) is 5.56 Å². The number of esters is 1. The van der Waals surface area contributed by atoms with Crippen LogP contribution in [0.15, 0.2) is 58.5 Å². The zero-order valence-electron chi connectivity index (χ0n) is 14.7. The Bertz CT molecular complexity index is 1120. The number of methoxy groups -OCH3 is 1. The summed E-state index contributed by atoms with van der Waals surface area (Å²) in [5.41, 5.74) is 1.68. The van der Waals surface area contributed by atoms with Crippen molar-refractivity contribution in [3.63, 3.8) is 0 Å². The van der Waals surface area contributed by atoms with Crippen molar-refractivity contribution in [3.05, 3.63) is 80.6 Å². The molecule has 0 atom stereocenters. The highest BCUT2D eigenvalue weighted by molar-refractivity contribution is 7.98. The number of ether oxygens (including phenoxy) is 1. The first-order valence-corrected chi connectivity index (χ1v) is 9.48. The van der Waals surface area contributed by atoms with E-state index >= 15 is 0 Å². The van der Waals surface area contributed by atoms with E-state index in [1.165, 1.54) is 18.9 Å². The summed E-state index contributed by atoms with van der Waals surface area (Å²) < 4.78 is 4.72. The number of nitrogens with one attached hydrogen (secondary N) is 1. The molecule has 0 aliphatic carbocycles. The summed E-state index contributed by atoms with van der Waals surface area (Å²) in [4.78, 5) is 31.0. The van der Waals surface area contributed by atoms with Crippen LogP contribution in [0.1, 0.15) is 21.5 Å². The topological polar surface area (TPSA) is 95.8 Å². The minimum Gasteiger partial charge on any atom is -0.465 e. The third kappa shape index (κ3) is 4.42. The molecule has 0 amide bonds. The van der Waals surface area contributed by atoms with Crippen molar-refractivity contribution in [2.75, 3.05) is 7.11 Å². The smallest absolute Gasteiger partial charge is 0.337 e. The Morgan fingerprint density at radius 2 is 2.04 bits per heavy atom. The average molecular weight is 412 g/mol. The van der Waals surface area contributed by atoms with Crippen LogP contribution in [0.5, 0.6) is 0 Å². The molecule has 0 radical (unpaired) electrons. The van der Waals surface area contributed by atoms with Gasteiger partial charge in [0.05, 0.1) is 18.4 Å². The first-order chi connectivity index (χ1) is 13.5. The van der Waals surface area contributed by atoms with Gasteiger partial charge < -0.3 is 9.72 Å². The molecule has 8 heteroatoms. The Kier molecular flexibility index (Phi) is 6.14. The predicted octanol–water partition coefficient (Wildman–Crippen LogP) is 4.04. The number of nitrogens with zero attached hydrogens (tertiary/aromatic N) is 2. The van der Waals surface area contributed by atoms with Gasteiger partial charge in [-0.3, -0.25) is 4.79 Å². The first kappa shape index (κ1) is 19.7. The van der Waals surface area contributed by atoms with E-state index in [9.17, 15) is 14.9 Å². The van der Waals surface area contributed by atoms with Gasteiger partial charge in [0.25, 0.3) is 5.56 Å². The lowest BCUT2D eigenvalue weighted by Crippen LogP contribution is -2.14. The van der Waals surface area contributed by atoms with Crippen LogP contribution in [0.4, 0.5) is 0 Å². The average Bonchev–Trinajstić information content (AvgIpc) is 2.72. The Labute approximate surface area is 170 Å². The third-order valence-corrected chi connectivity index (χ3v) is 5.05. The number of aromatic amines is 1. The fourth-order valence-corrected chi connectivity index (χ4v) is 3.43. The number of hydrogen-bond donors (Lipinski definition) is 1.